The van der Waals surface area contributed by atoms with Gasteiger partial charge in [0, 0.05) is 34.4 Å². The third-order valence-electron chi connectivity index (χ3n) is 8.19. The van der Waals surface area contributed by atoms with Crippen molar-refractivity contribution in [2.75, 3.05) is 4.90 Å². The third kappa shape index (κ3) is 5.21. The summed E-state index contributed by atoms with van der Waals surface area (Å²) in [6, 6.07) is 21.1. The number of nitro benzene ring substituents is 1. The molecule has 0 amide bonds. The lowest BCUT2D eigenvalue weighted by Gasteiger charge is -2.43. The van der Waals surface area contributed by atoms with Crippen molar-refractivity contribution in [3.63, 3.8) is 0 Å². The minimum absolute atomic E-state index is 0.0631. The maximum Gasteiger partial charge on any atom is 0.293 e. The average Bonchev–Trinajstić information content (AvgIpc) is 2.93. The van der Waals surface area contributed by atoms with E-state index in [0.29, 0.717) is 24.1 Å². The number of allylic oxidation sites excluding steroid dienone is 3. The van der Waals surface area contributed by atoms with E-state index >= 15 is 0 Å². The van der Waals surface area contributed by atoms with Gasteiger partial charge in [-0.3, -0.25) is 19.8 Å². The molecule has 1 aliphatic carbocycles. The van der Waals surface area contributed by atoms with E-state index in [4.69, 9.17) is 5.73 Å². The lowest BCUT2D eigenvalue weighted by atomic mass is 9.68. The molecule has 0 radical (unpaired) electrons. The Morgan fingerprint density at radius 3 is 2.48 bits per heavy atom. The van der Waals surface area contributed by atoms with Crippen LogP contribution >= 0.6 is 11.8 Å². The van der Waals surface area contributed by atoms with Gasteiger partial charge in [-0.05, 0) is 67.0 Å². The maximum atomic E-state index is 14.0. The monoisotopic (exact) mass is 578 g/mol. The number of benzene rings is 3. The van der Waals surface area contributed by atoms with Crippen molar-refractivity contribution in [2.24, 2.45) is 11.1 Å². The fourth-order valence-corrected chi connectivity index (χ4v) is 7.27. The molecule has 0 aromatic heterocycles. The van der Waals surface area contributed by atoms with E-state index in [1.165, 1.54) is 16.5 Å². The normalized spacial score (nSPS) is 18.1. The van der Waals surface area contributed by atoms with Gasteiger partial charge in [-0.25, -0.2) is 0 Å². The molecule has 8 heteroatoms. The number of anilines is 1. The molecule has 1 aliphatic heterocycles. The van der Waals surface area contributed by atoms with Gasteiger partial charge in [-0.15, -0.1) is 11.8 Å². The van der Waals surface area contributed by atoms with E-state index in [-0.39, 0.29) is 34.0 Å². The minimum Gasteiger partial charge on any atom is -0.384 e. The summed E-state index contributed by atoms with van der Waals surface area (Å²) in [4.78, 5) is 28.4. The number of rotatable bonds is 6. The number of aryl methyl sites for hydroxylation is 2. The molecule has 5 rings (SSSR count). The predicted molar refractivity (Wildman–Crippen MR) is 167 cm³/mol. The van der Waals surface area contributed by atoms with Crippen molar-refractivity contribution in [3.05, 3.63) is 121 Å². The summed E-state index contributed by atoms with van der Waals surface area (Å²) in [5, 5.41) is 22.6. The first-order valence-corrected chi connectivity index (χ1v) is 14.9. The third-order valence-corrected chi connectivity index (χ3v) is 9.41. The highest BCUT2D eigenvalue weighted by Crippen LogP contribution is 2.52. The summed E-state index contributed by atoms with van der Waals surface area (Å²) in [5.74, 6) is 0.133. The molecule has 7 nitrogen and oxygen atoms in total. The van der Waals surface area contributed by atoms with E-state index < -0.39 is 10.8 Å². The molecule has 2 N–H and O–H groups in total. The smallest absolute Gasteiger partial charge is 0.293 e. The molecule has 0 fully saturated rings. The number of nitro groups is 1. The molecular formula is C34H34N4O3S. The molecule has 3 aromatic rings. The van der Waals surface area contributed by atoms with E-state index in [1.54, 1.807) is 34.9 Å². The topological polar surface area (TPSA) is 113 Å². The second kappa shape index (κ2) is 11.1. The first-order valence-electron chi connectivity index (χ1n) is 13.9. The molecule has 0 spiro atoms. The summed E-state index contributed by atoms with van der Waals surface area (Å²) in [6.07, 6.45) is 0.795. The quantitative estimate of drug-likeness (QED) is 0.181. The van der Waals surface area contributed by atoms with Gasteiger partial charge in [0.25, 0.3) is 5.69 Å². The fraction of sp³-hybridized carbons (Fsp3) is 0.294. The Morgan fingerprint density at radius 2 is 1.79 bits per heavy atom. The second-order valence-corrected chi connectivity index (χ2v) is 12.9. The molecule has 1 unspecified atom stereocenters. The van der Waals surface area contributed by atoms with E-state index in [2.05, 4.69) is 31.2 Å². The van der Waals surface area contributed by atoms with Crippen LogP contribution in [0, 0.1) is 47.6 Å². The van der Waals surface area contributed by atoms with Crippen LogP contribution in [0.1, 0.15) is 60.4 Å². The molecule has 214 valence electrons. The van der Waals surface area contributed by atoms with Gasteiger partial charge >= 0.3 is 0 Å². The second-order valence-electron chi connectivity index (χ2n) is 11.9. The van der Waals surface area contributed by atoms with Crippen LogP contribution in [-0.2, 0) is 10.5 Å². The largest absolute Gasteiger partial charge is 0.384 e. The fourth-order valence-electron chi connectivity index (χ4n) is 6.19. The SMILES string of the molecule is Cc1cc(CSc2ccccc2C)c(C)c(C2C(C#N)=C(N)N(c3ccccc3[N+](=O)[O-])C3=C2C(=O)CC(C)(C)C3)c1. The highest BCUT2D eigenvalue weighted by molar-refractivity contribution is 7.98. The van der Waals surface area contributed by atoms with Gasteiger partial charge in [-0.2, -0.15) is 5.26 Å². The number of thioether (sulfide) groups is 1. The summed E-state index contributed by atoms with van der Waals surface area (Å²) in [6.45, 7) is 10.2. The number of carbonyl (C=O) groups is 1. The Labute approximate surface area is 250 Å². The average molecular weight is 579 g/mol. The molecule has 0 saturated carbocycles. The van der Waals surface area contributed by atoms with E-state index in [9.17, 15) is 20.2 Å². The molecule has 0 saturated heterocycles. The summed E-state index contributed by atoms with van der Waals surface area (Å²) in [7, 11) is 0. The lowest BCUT2D eigenvalue weighted by Crippen LogP contribution is -2.42. The van der Waals surface area contributed by atoms with Crippen LogP contribution in [-0.4, -0.2) is 10.7 Å². The zero-order valence-electron chi connectivity index (χ0n) is 24.5. The van der Waals surface area contributed by atoms with Crippen molar-refractivity contribution >= 4 is 28.9 Å². The van der Waals surface area contributed by atoms with E-state index in [1.807, 2.05) is 45.9 Å². The lowest BCUT2D eigenvalue weighted by molar-refractivity contribution is -0.384. The van der Waals surface area contributed by atoms with Crippen molar-refractivity contribution in [2.45, 2.75) is 64.0 Å². The van der Waals surface area contributed by atoms with Gasteiger partial charge in [0.15, 0.2) is 5.78 Å². The Hall–Kier alpha value is -4.35. The highest BCUT2D eigenvalue weighted by atomic mass is 32.2. The van der Waals surface area contributed by atoms with Gasteiger partial charge in [0.05, 0.1) is 22.5 Å². The van der Waals surface area contributed by atoms with Gasteiger partial charge < -0.3 is 5.73 Å². The van der Waals surface area contributed by atoms with Crippen molar-refractivity contribution in [3.8, 4) is 6.07 Å². The maximum absolute atomic E-state index is 14.0. The Kier molecular flexibility index (Phi) is 7.74. The number of Topliss-reactive ketones (excluding diaryl/α,β-unsaturated/α-hetero) is 1. The van der Waals surface area contributed by atoms with E-state index in [0.717, 1.165) is 28.0 Å². The van der Waals surface area contributed by atoms with Crippen molar-refractivity contribution in [1.82, 2.24) is 0 Å². The van der Waals surface area contributed by atoms with Crippen molar-refractivity contribution < 1.29 is 9.72 Å². The minimum atomic E-state index is -0.658. The summed E-state index contributed by atoms with van der Waals surface area (Å²) >= 11 is 1.76. The van der Waals surface area contributed by atoms with Gasteiger partial charge in [-0.1, -0.05) is 61.9 Å². The Bertz CT molecular complexity index is 1730. The first kappa shape index (κ1) is 29.2. The van der Waals surface area contributed by atoms with Crippen LogP contribution in [0.15, 0.2) is 88.2 Å². The van der Waals surface area contributed by atoms with Gasteiger partial charge in [0.1, 0.15) is 11.5 Å². The molecule has 0 bridgehead atoms. The number of nitrogens with zero attached hydrogens (tertiary/aromatic N) is 3. The number of nitriles is 1. The van der Waals surface area contributed by atoms with Crippen LogP contribution in [0.25, 0.3) is 0 Å². The van der Waals surface area contributed by atoms with Crippen LogP contribution in [0.4, 0.5) is 11.4 Å². The molecule has 3 aromatic carbocycles. The molecular weight excluding hydrogens is 544 g/mol. The molecule has 2 aliphatic rings. The standard InChI is InChI=1S/C34H34N4O3S/c1-20-14-23(19-42-30-13-9-6-10-21(30)2)22(3)24(15-20)31-25(18-35)33(36)37(26-11-7-8-12-27(26)38(40)41)28-16-34(4,5)17-29(39)32(28)31/h6-15,31H,16-17,19,36H2,1-5H3. The predicted octanol–water partition coefficient (Wildman–Crippen LogP) is 7.75. The number of carbonyl (C=O) groups excluding carboxylic acids is 1. The number of para-hydroxylation sites is 2. The Morgan fingerprint density at radius 1 is 1.10 bits per heavy atom. The zero-order valence-corrected chi connectivity index (χ0v) is 25.3. The van der Waals surface area contributed by atoms with Gasteiger partial charge in [0.2, 0.25) is 0 Å². The highest BCUT2D eigenvalue weighted by Gasteiger charge is 2.46. The van der Waals surface area contributed by atoms with Crippen LogP contribution < -0.4 is 10.6 Å². The number of hydrogen-bond acceptors (Lipinski definition) is 7. The Balaban J connectivity index is 1.71. The molecule has 42 heavy (non-hydrogen) atoms. The molecule has 1 atom stereocenters. The number of ketones is 1. The van der Waals surface area contributed by atoms with Crippen LogP contribution in [0.3, 0.4) is 0 Å². The summed E-state index contributed by atoms with van der Waals surface area (Å²) in [5.41, 5.74) is 13.1. The van der Waals surface area contributed by atoms with Crippen molar-refractivity contribution in [1.29, 1.82) is 5.26 Å². The van der Waals surface area contributed by atoms with Crippen LogP contribution in [0.5, 0.6) is 0 Å². The summed E-state index contributed by atoms with van der Waals surface area (Å²) < 4.78 is 0. The zero-order chi connectivity index (χ0) is 30.3. The van der Waals surface area contributed by atoms with Crippen LogP contribution in [0.2, 0.25) is 0 Å². The first-order chi connectivity index (χ1) is 19.9. The number of nitrogens with two attached hydrogens (primary N) is 1. The number of hydrogen-bond donors (Lipinski definition) is 1. The molecule has 1 heterocycles.